The molecule has 0 aliphatic heterocycles. The third-order valence-electron chi connectivity index (χ3n) is 4.93. The highest BCUT2D eigenvalue weighted by Gasteiger charge is 2.19. The number of thioether (sulfide) groups is 1. The molecular weight excluding hydrogens is 513 g/mol. The Kier molecular flexibility index (Phi) is 7.30. The van der Waals surface area contributed by atoms with E-state index in [0.29, 0.717) is 39.6 Å². The van der Waals surface area contributed by atoms with Crippen LogP contribution in [0.2, 0.25) is 10.0 Å². The maximum absolute atomic E-state index is 12.0. The van der Waals surface area contributed by atoms with Gasteiger partial charge in [0.05, 0.1) is 10.6 Å². The van der Waals surface area contributed by atoms with Crippen LogP contribution in [0.25, 0.3) is 28.8 Å². The monoisotopic (exact) mass is 529 g/mol. The lowest BCUT2D eigenvalue weighted by molar-refractivity contribution is -0.131. The van der Waals surface area contributed by atoms with E-state index in [2.05, 4.69) is 10.2 Å². The Hall–Kier alpha value is -3.53. The summed E-state index contributed by atoms with van der Waals surface area (Å²) in [7, 11) is 0. The first-order valence-electron chi connectivity index (χ1n) is 10.2. The topological polar surface area (TPSA) is 118 Å². The molecule has 178 valence electrons. The molecule has 0 aliphatic rings. The number of halogens is 2. The predicted molar refractivity (Wildman–Crippen MR) is 134 cm³/mol. The minimum Gasteiger partial charge on any atom is -0.478 e. The smallest absolute Gasteiger partial charge is 0.342 e. The van der Waals surface area contributed by atoms with Crippen LogP contribution in [-0.4, -0.2) is 36.9 Å². The van der Waals surface area contributed by atoms with Gasteiger partial charge in [0, 0.05) is 28.8 Å². The van der Waals surface area contributed by atoms with Crippen molar-refractivity contribution in [2.24, 2.45) is 0 Å². The van der Waals surface area contributed by atoms with Crippen molar-refractivity contribution in [1.29, 1.82) is 0 Å². The number of carbonyl (C=O) groups is 2. The van der Waals surface area contributed by atoms with Gasteiger partial charge in [-0.15, -0.1) is 10.2 Å². The van der Waals surface area contributed by atoms with Crippen LogP contribution in [-0.2, 0) is 11.3 Å². The van der Waals surface area contributed by atoms with Crippen molar-refractivity contribution in [1.82, 2.24) is 14.8 Å². The standard InChI is InChI=1S/C24H17Cl2N3O5S/c1-2-29-21(13-3-6-15(25)7-4-13)27-28-24(29)35-20(23(32)33)12-16-8-10-19(34-16)14-5-9-17(22(30)31)18(26)11-14/h3-12H,2H2,1H3,(H,30,31)(H,32,33)/b20-12-. The number of hydrogen-bond acceptors (Lipinski definition) is 6. The molecule has 0 saturated heterocycles. The number of hydrogen-bond donors (Lipinski definition) is 2. The van der Waals surface area contributed by atoms with Gasteiger partial charge in [0.25, 0.3) is 0 Å². The van der Waals surface area contributed by atoms with Crippen molar-refractivity contribution in [3.05, 3.63) is 80.9 Å². The van der Waals surface area contributed by atoms with E-state index in [1.165, 1.54) is 18.2 Å². The van der Waals surface area contributed by atoms with Gasteiger partial charge in [-0.1, -0.05) is 29.3 Å². The van der Waals surface area contributed by atoms with Gasteiger partial charge in [-0.05, 0) is 67.2 Å². The Morgan fingerprint density at radius 2 is 1.74 bits per heavy atom. The molecule has 4 rings (SSSR count). The fourth-order valence-corrected chi connectivity index (χ4v) is 4.51. The van der Waals surface area contributed by atoms with Gasteiger partial charge in [0.15, 0.2) is 11.0 Å². The lowest BCUT2D eigenvalue weighted by Gasteiger charge is -2.07. The third-order valence-corrected chi connectivity index (χ3v) is 6.49. The number of benzene rings is 2. The number of furan rings is 1. The Morgan fingerprint density at radius 1 is 1.03 bits per heavy atom. The van der Waals surface area contributed by atoms with Crippen LogP contribution >= 0.6 is 35.0 Å². The average Bonchev–Trinajstić information content (AvgIpc) is 3.45. The molecule has 0 amide bonds. The Bertz CT molecular complexity index is 1440. The largest absolute Gasteiger partial charge is 0.478 e. The lowest BCUT2D eigenvalue weighted by Crippen LogP contribution is -2.02. The Morgan fingerprint density at radius 3 is 2.37 bits per heavy atom. The molecule has 0 fully saturated rings. The maximum Gasteiger partial charge on any atom is 0.342 e. The van der Waals surface area contributed by atoms with E-state index < -0.39 is 11.9 Å². The van der Waals surface area contributed by atoms with Crippen LogP contribution in [0, 0.1) is 0 Å². The van der Waals surface area contributed by atoms with E-state index in [4.69, 9.17) is 32.7 Å². The van der Waals surface area contributed by atoms with Gasteiger partial charge in [0.2, 0.25) is 0 Å². The molecule has 0 radical (unpaired) electrons. The van der Waals surface area contributed by atoms with Gasteiger partial charge < -0.3 is 19.2 Å². The fourth-order valence-electron chi connectivity index (χ4n) is 3.25. The van der Waals surface area contributed by atoms with E-state index >= 15 is 0 Å². The van der Waals surface area contributed by atoms with Crippen LogP contribution in [0.5, 0.6) is 0 Å². The summed E-state index contributed by atoms with van der Waals surface area (Å²) in [4.78, 5) is 23.1. The quantitative estimate of drug-likeness (QED) is 0.197. The van der Waals surface area contributed by atoms with E-state index in [-0.39, 0.29) is 15.5 Å². The van der Waals surface area contributed by atoms with Gasteiger partial charge in [0.1, 0.15) is 16.4 Å². The second kappa shape index (κ2) is 10.4. The summed E-state index contributed by atoms with van der Waals surface area (Å²) in [6.45, 7) is 2.44. The van der Waals surface area contributed by atoms with Crippen LogP contribution in [0.3, 0.4) is 0 Å². The van der Waals surface area contributed by atoms with E-state index in [9.17, 15) is 14.7 Å². The molecule has 35 heavy (non-hydrogen) atoms. The summed E-state index contributed by atoms with van der Waals surface area (Å²) in [5.41, 5.74) is 1.34. The molecule has 2 heterocycles. The number of carboxylic acids is 2. The first kappa shape index (κ1) is 24.6. The molecule has 0 unspecified atom stereocenters. The highest BCUT2D eigenvalue weighted by molar-refractivity contribution is 8.04. The molecule has 0 saturated carbocycles. The average molecular weight is 530 g/mol. The van der Waals surface area contributed by atoms with Crippen LogP contribution in [0.1, 0.15) is 23.0 Å². The third kappa shape index (κ3) is 5.43. The molecule has 2 aromatic heterocycles. The van der Waals surface area contributed by atoms with Crippen LogP contribution in [0.4, 0.5) is 0 Å². The van der Waals surface area contributed by atoms with Crippen molar-refractivity contribution in [3.63, 3.8) is 0 Å². The number of aromatic nitrogens is 3. The molecule has 0 spiro atoms. The molecule has 8 nitrogen and oxygen atoms in total. The maximum atomic E-state index is 12.0. The van der Waals surface area contributed by atoms with E-state index in [1.54, 1.807) is 30.3 Å². The molecule has 2 N–H and O–H groups in total. The van der Waals surface area contributed by atoms with Crippen LogP contribution < -0.4 is 0 Å². The molecule has 0 atom stereocenters. The molecule has 11 heteroatoms. The minimum absolute atomic E-state index is 0.0186. The predicted octanol–water partition coefficient (Wildman–Crippen LogP) is 6.45. The fraction of sp³-hybridized carbons (Fsp3) is 0.0833. The summed E-state index contributed by atoms with van der Waals surface area (Å²) < 4.78 is 7.58. The molecule has 0 aliphatic carbocycles. The summed E-state index contributed by atoms with van der Waals surface area (Å²) in [5, 5.41) is 28.4. The second-order valence-corrected chi connectivity index (χ2v) is 9.03. The highest BCUT2D eigenvalue weighted by atomic mass is 35.5. The zero-order valence-corrected chi connectivity index (χ0v) is 20.4. The van der Waals surface area contributed by atoms with Gasteiger partial charge in [-0.3, -0.25) is 0 Å². The number of aromatic carboxylic acids is 1. The van der Waals surface area contributed by atoms with Gasteiger partial charge in [-0.2, -0.15) is 0 Å². The van der Waals surface area contributed by atoms with Crippen LogP contribution in [0.15, 0.2) is 69.1 Å². The normalized spacial score (nSPS) is 11.6. The van der Waals surface area contributed by atoms with Crippen molar-refractivity contribution in [3.8, 4) is 22.7 Å². The Labute approximate surface area is 213 Å². The molecule has 2 aromatic carbocycles. The van der Waals surface area contributed by atoms with Crippen molar-refractivity contribution in [2.75, 3.05) is 0 Å². The van der Waals surface area contributed by atoms with Gasteiger partial charge in [-0.25, -0.2) is 9.59 Å². The summed E-state index contributed by atoms with van der Waals surface area (Å²) in [6.07, 6.45) is 1.39. The number of carboxylic acid groups (broad SMARTS) is 2. The summed E-state index contributed by atoms with van der Waals surface area (Å²) in [6, 6.07) is 14.8. The highest BCUT2D eigenvalue weighted by Crippen LogP contribution is 2.33. The van der Waals surface area contributed by atoms with E-state index in [0.717, 1.165) is 17.3 Å². The molecular formula is C24H17Cl2N3O5S. The second-order valence-electron chi connectivity index (χ2n) is 7.17. The molecule has 4 aromatic rings. The zero-order valence-electron chi connectivity index (χ0n) is 18.1. The summed E-state index contributed by atoms with van der Waals surface area (Å²) in [5.74, 6) is -0.985. The number of nitrogens with zero attached hydrogens (tertiary/aromatic N) is 3. The van der Waals surface area contributed by atoms with E-state index in [1.807, 2.05) is 23.6 Å². The first-order valence-corrected chi connectivity index (χ1v) is 11.8. The van der Waals surface area contributed by atoms with Crippen molar-refractivity contribution < 1.29 is 24.2 Å². The zero-order chi connectivity index (χ0) is 25.1. The lowest BCUT2D eigenvalue weighted by atomic mass is 10.1. The van der Waals surface area contributed by atoms with Gasteiger partial charge >= 0.3 is 11.9 Å². The number of rotatable bonds is 8. The van der Waals surface area contributed by atoms with Crippen molar-refractivity contribution >= 4 is 53.0 Å². The first-order chi connectivity index (χ1) is 16.8. The number of aliphatic carboxylic acids is 1. The molecule has 0 bridgehead atoms. The summed E-state index contributed by atoms with van der Waals surface area (Å²) >= 11 is 13.0. The Balaban J connectivity index is 1.62. The van der Waals surface area contributed by atoms with Crippen molar-refractivity contribution in [2.45, 2.75) is 18.6 Å². The minimum atomic E-state index is -1.15. The SMILES string of the molecule is CCn1c(S/C(=C\c2ccc(-c3ccc(C(=O)O)c(Cl)c3)o2)C(=O)O)nnc1-c1ccc(Cl)cc1.